The second kappa shape index (κ2) is 6.01. The number of amides is 1. The number of anilines is 1. The molecule has 0 aromatic heterocycles. The van der Waals surface area contributed by atoms with E-state index < -0.39 is 0 Å². The number of benzene rings is 1. The Hall–Kier alpha value is -1.39. The van der Waals surface area contributed by atoms with Crippen LogP contribution in [0.1, 0.15) is 19.3 Å². The van der Waals surface area contributed by atoms with Crippen LogP contribution in [0.3, 0.4) is 0 Å². The molecule has 0 spiro atoms. The molecule has 4 nitrogen and oxygen atoms in total. The van der Waals surface area contributed by atoms with Gasteiger partial charge in [-0.3, -0.25) is 4.79 Å². The van der Waals surface area contributed by atoms with Crippen LogP contribution < -0.4 is 4.90 Å². The molecule has 4 heteroatoms. The molecule has 1 aromatic rings. The van der Waals surface area contributed by atoms with Gasteiger partial charge in [-0.2, -0.15) is 0 Å². The van der Waals surface area contributed by atoms with Gasteiger partial charge in [-0.05, 0) is 37.3 Å². The smallest absolute Gasteiger partial charge is 0.252 e. The predicted octanol–water partition coefficient (Wildman–Crippen LogP) is 2.15. The van der Waals surface area contributed by atoms with Crippen molar-refractivity contribution in [2.24, 2.45) is 11.8 Å². The van der Waals surface area contributed by atoms with Crippen molar-refractivity contribution < 1.29 is 9.53 Å². The van der Waals surface area contributed by atoms with Crippen LogP contribution in [-0.4, -0.2) is 49.7 Å². The number of carbonyl (C=O) groups is 1. The third kappa shape index (κ3) is 3.03. The molecule has 0 unspecified atom stereocenters. The first-order valence-corrected chi connectivity index (χ1v) is 8.49. The molecule has 0 radical (unpaired) electrons. The second-order valence-corrected chi connectivity index (χ2v) is 6.94. The lowest BCUT2D eigenvalue weighted by molar-refractivity contribution is -0.124. The molecule has 4 rings (SSSR count). The number of para-hydroxylation sites is 1. The van der Waals surface area contributed by atoms with E-state index in [1.165, 1.54) is 19.4 Å². The fourth-order valence-corrected chi connectivity index (χ4v) is 3.76. The molecule has 2 heterocycles. The molecule has 0 N–H and O–H groups in total. The first-order valence-electron chi connectivity index (χ1n) is 8.49. The third-order valence-corrected chi connectivity index (χ3v) is 5.17. The lowest BCUT2D eigenvalue weighted by Gasteiger charge is -2.38. The maximum atomic E-state index is 12.4. The van der Waals surface area contributed by atoms with Crippen molar-refractivity contribution in [1.82, 2.24) is 4.90 Å². The Morgan fingerprint density at radius 3 is 2.68 bits per heavy atom. The van der Waals surface area contributed by atoms with Crippen LogP contribution in [0.15, 0.2) is 30.3 Å². The summed E-state index contributed by atoms with van der Waals surface area (Å²) in [6, 6.07) is 10.0. The van der Waals surface area contributed by atoms with Gasteiger partial charge in [0.1, 0.15) is 6.61 Å². The standard InChI is InChI=1S/C18H24N2O2/c21-18-13-22-17-8-9-19(10-14-6-7-14)11-15(17)12-20(18)16-4-2-1-3-5-16/h1-5,14-15,17H,6-13H2/t15-,17+/m1/s1. The van der Waals surface area contributed by atoms with Gasteiger partial charge in [-0.1, -0.05) is 18.2 Å². The zero-order chi connectivity index (χ0) is 14.9. The highest BCUT2D eigenvalue weighted by molar-refractivity contribution is 5.94. The number of carbonyl (C=O) groups excluding carboxylic acids is 1. The lowest BCUT2D eigenvalue weighted by Crippen LogP contribution is -2.47. The summed E-state index contributed by atoms with van der Waals surface area (Å²) in [6.07, 6.45) is 4.10. The average molecular weight is 300 g/mol. The SMILES string of the molecule is O=C1CO[C@H]2CCN(CC3CC3)C[C@@H]2CN1c1ccccc1. The van der Waals surface area contributed by atoms with Crippen LogP contribution >= 0.6 is 0 Å². The van der Waals surface area contributed by atoms with Gasteiger partial charge in [0, 0.05) is 37.8 Å². The number of ether oxygens (including phenoxy) is 1. The number of likely N-dealkylation sites (tertiary alicyclic amines) is 1. The minimum Gasteiger partial charge on any atom is -0.368 e. The Morgan fingerprint density at radius 2 is 1.91 bits per heavy atom. The minimum absolute atomic E-state index is 0.0920. The van der Waals surface area contributed by atoms with Crippen molar-refractivity contribution in [3.05, 3.63) is 30.3 Å². The normalized spacial score (nSPS) is 30.0. The average Bonchev–Trinajstić information content (AvgIpc) is 3.37. The van der Waals surface area contributed by atoms with E-state index in [1.54, 1.807) is 0 Å². The van der Waals surface area contributed by atoms with Crippen LogP contribution in [0.25, 0.3) is 0 Å². The number of hydrogen-bond acceptors (Lipinski definition) is 3. The van der Waals surface area contributed by atoms with Crippen LogP contribution in [-0.2, 0) is 9.53 Å². The summed E-state index contributed by atoms with van der Waals surface area (Å²) in [6.45, 7) is 4.44. The van der Waals surface area contributed by atoms with Crippen molar-refractivity contribution in [2.45, 2.75) is 25.4 Å². The Balaban J connectivity index is 1.49. The summed E-state index contributed by atoms with van der Waals surface area (Å²) >= 11 is 0. The molecule has 3 fully saturated rings. The van der Waals surface area contributed by atoms with Crippen LogP contribution in [0, 0.1) is 11.8 Å². The van der Waals surface area contributed by atoms with Crippen molar-refractivity contribution in [1.29, 1.82) is 0 Å². The van der Waals surface area contributed by atoms with Gasteiger partial charge >= 0.3 is 0 Å². The van der Waals surface area contributed by atoms with Gasteiger partial charge in [-0.15, -0.1) is 0 Å². The van der Waals surface area contributed by atoms with E-state index in [4.69, 9.17) is 4.74 Å². The first-order chi connectivity index (χ1) is 10.8. The molecule has 0 bridgehead atoms. The summed E-state index contributed by atoms with van der Waals surface area (Å²) < 4.78 is 5.92. The molecule has 1 saturated carbocycles. The van der Waals surface area contributed by atoms with E-state index in [0.29, 0.717) is 5.92 Å². The molecule has 1 aromatic carbocycles. The number of fused-ring (bicyclic) bond motifs is 1. The Kier molecular flexibility index (Phi) is 3.89. The number of piperidine rings is 1. The second-order valence-electron chi connectivity index (χ2n) is 6.94. The molecule has 3 aliphatic rings. The summed E-state index contributed by atoms with van der Waals surface area (Å²) in [5.74, 6) is 1.45. The van der Waals surface area contributed by atoms with Crippen LogP contribution in [0.2, 0.25) is 0 Å². The topological polar surface area (TPSA) is 32.8 Å². The third-order valence-electron chi connectivity index (χ3n) is 5.17. The highest BCUT2D eigenvalue weighted by Crippen LogP contribution is 2.33. The van der Waals surface area contributed by atoms with E-state index in [0.717, 1.165) is 37.7 Å². The largest absolute Gasteiger partial charge is 0.368 e. The Bertz CT molecular complexity index is 529. The van der Waals surface area contributed by atoms with Crippen molar-refractivity contribution >= 4 is 11.6 Å². The Labute approximate surface area is 132 Å². The van der Waals surface area contributed by atoms with Crippen LogP contribution in [0.5, 0.6) is 0 Å². The highest BCUT2D eigenvalue weighted by atomic mass is 16.5. The zero-order valence-corrected chi connectivity index (χ0v) is 13.0. The zero-order valence-electron chi connectivity index (χ0n) is 13.0. The molecule has 1 amide bonds. The summed E-state index contributed by atoms with van der Waals surface area (Å²) in [5.41, 5.74) is 0.996. The van der Waals surface area contributed by atoms with Gasteiger partial charge in [0.15, 0.2) is 0 Å². The molecule has 1 aliphatic carbocycles. The van der Waals surface area contributed by atoms with Crippen LogP contribution in [0.4, 0.5) is 5.69 Å². The van der Waals surface area contributed by atoms with Gasteiger partial charge < -0.3 is 14.5 Å². The van der Waals surface area contributed by atoms with Gasteiger partial charge in [-0.25, -0.2) is 0 Å². The van der Waals surface area contributed by atoms with E-state index >= 15 is 0 Å². The van der Waals surface area contributed by atoms with E-state index in [9.17, 15) is 4.79 Å². The van der Waals surface area contributed by atoms with E-state index in [-0.39, 0.29) is 18.6 Å². The molecule has 22 heavy (non-hydrogen) atoms. The van der Waals surface area contributed by atoms with E-state index in [1.807, 2.05) is 35.2 Å². The summed E-state index contributed by atoms with van der Waals surface area (Å²) in [7, 11) is 0. The molecule has 118 valence electrons. The minimum atomic E-state index is 0.0920. The lowest BCUT2D eigenvalue weighted by atomic mass is 9.93. The van der Waals surface area contributed by atoms with Gasteiger partial charge in [0.25, 0.3) is 5.91 Å². The summed E-state index contributed by atoms with van der Waals surface area (Å²) in [5, 5.41) is 0. The molecular formula is C18H24N2O2. The molecule has 2 aliphatic heterocycles. The Morgan fingerprint density at radius 1 is 1.09 bits per heavy atom. The monoisotopic (exact) mass is 300 g/mol. The van der Waals surface area contributed by atoms with Crippen molar-refractivity contribution in [2.75, 3.05) is 37.7 Å². The fraction of sp³-hybridized carbons (Fsp3) is 0.611. The molecule has 2 saturated heterocycles. The van der Waals surface area contributed by atoms with Crippen molar-refractivity contribution in [3.8, 4) is 0 Å². The molecule has 2 atom stereocenters. The number of rotatable bonds is 3. The highest BCUT2D eigenvalue weighted by Gasteiger charge is 2.37. The molecular weight excluding hydrogens is 276 g/mol. The number of nitrogens with zero attached hydrogens (tertiary/aromatic N) is 2. The van der Waals surface area contributed by atoms with Gasteiger partial charge in [0.05, 0.1) is 6.10 Å². The van der Waals surface area contributed by atoms with Crippen molar-refractivity contribution in [3.63, 3.8) is 0 Å². The van der Waals surface area contributed by atoms with E-state index in [2.05, 4.69) is 4.90 Å². The first kappa shape index (κ1) is 14.2. The fourth-order valence-electron chi connectivity index (χ4n) is 3.76. The maximum absolute atomic E-state index is 12.4. The maximum Gasteiger partial charge on any atom is 0.252 e. The van der Waals surface area contributed by atoms with Gasteiger partial charge in [0.2, 0.25) is 0 Å². The summed E-state index contributed by atoms with van der Waals surface area (Å²) in [4.78, 5) is 16.9. The quantitative estimate of drug-likeness (QED) is 0.857. The number of hydrogen-bond donors (Lipinski definition) is 0. The predicted molar refractivity (Wildman–Crippen MR) is 85.8 cm³/mol.